The Morgan fingerprint density at radius 1 is 1.25 bits per heavy atom. The molecule has 4 N–H and O–H groups in total. The molecule has 0 amide bonds. The predicted molar refractivity (Wildman–Crippen MR) is 91.5 cm³/mol. The normalized spacial score (nSPS) is 27.5. The molecular weight excluding hydrogens is 304 g/mol. The summed E-state index contributed by atoms with van der Waals surface area (Å²) in [5.74, 6) is 14.1. The Morgan fingerprint density at radius 3 is 2.83 bits per heavy atom. The van der Waals surface area contributed by atoms with E-state index in [9.17, 15) is 0 Å². The van der Waals surface area contributed by atoms with E-state index in [0.29, 0.717) is 23.1 Å². The van der Waals surface area contributed by atoms with E-state index in [1.54, 1.807) is 30.8 Å². The molecule has 24 heavy (non-hydrogen) atoms. The minimum absolute atomic E-state index is 0.304. The van der Waals surface area contributed by atoms with Crippen molar-refractivity contribution in [2.24, 2.45) is 26.7 Å². The second-order valence-corrected chi connectivity index (χ2v) is 6.35. The number of rotatable bonds is 1. The van der Waals surface area contributed by atoms with E-state index < -0.39 is 5.54 Å². The summed E-state index contributed by atoms with van der Waals surface area (Å²) >= 11 is 0. The van der Waals surface area contributed by atoms with E-state index in [0.717, 1.165) is 25.7 Å². The van der Waals surface area contributed by atoms with Crippen molar-refractivity contribution in [1.82, 2.24) is 0 Å². The first-order valence-electron chi connectivity index (χ1n) is 8.06. The van der Waals surface area contributed by atoms with Gasteiger partial charge in [-0.3, -0.25) is 0 Å². The van der Waals surface area contributed by atoms with E-state index in [4.69, 9.17) is 16.0 Å². The summed E-state index contributed by atoms with van der Waals surface area (Å²) in [6.07, 6.45) is 10.2. The SMILES string of the molecule is NC1(C#CC2=C[N+]3(N)N=C(c4ccco4)N=C3C=N2)CCCCC1. The van der Waals surface area contributed by atoms with Crippen LogP contribution in [0.25, 0.3) is 0 Å². The van der Waals surface area contributed by atoms with Crippen molar-refractivity contribution in [3.63, 3.8) is 0 Å². The first kappa shape index (κ1) is 15.0. The number of nitrogens with zero attached hydrogens (tertiary/aromatic N) is 4. The fraction of sp³-hybridized carbons (Fsp3) is 0.353. The maximum Gasteiger partial charge on any atom is 0.300 e. The number of nitrogens with two attached hydrogens (primary N) is 2. The highest BCUT2D eigenvalue weighted by molar-refractivity contribution is 6.31. The number of furan rings is 1. The van der Waals surface area contributed by atoms with Gasteiger partial charge in [-0.25, -0.2) is 4.99 Å². The minimum Gasteiger partial charge on any atom is -0.461 e. The van der Waals surface area contributed by atoms with Gasteiger partial charge in [0.2, 0.25) is 0 Å². The molecule has 7 nitrogen and oxygen atoms in total. The molecule has 0 spiro atoms. The summed E-state index contributed by atoms with van der Waals surface area (Å²) in [4.78, 5) is 8.70. The van der Waals surface area contributed by atoms with Crippen LogP contribution in [0.2, 0.25) is 0 Å². The Balaban J connectivity index is 1.61. The molecule has 0 radical (unpaired) electrons. The third kappa shape index (κ3) is 2.71. The Bertz CT molecular complexity index is 830. The zero-order valence-corrected chi connectivity index (χ0v) is 13.3. The second-order valence-electron chi connectivity index (χ2n) is 6.35. The van der Waals surface area contributed by atoms with E-state index >= 15 is 0 Å². The topological polar surface area (TPSA) is 102 Å². The standard InChI is InChI=1S/C17H19N6O/c18-17(7-2-1-3-8-17)9-6-13-12-23(19)15(11-20-13)21-16(22-23)14-5-4-10-24-14/h4-5,10-12H,1-3,7-8,18-19H2/q+1. The highest BCUT2D eigenvalue weighted by atomic mass is 16.3. The van der Waals surface area contributed by atoms with Crippen LogP contribution < -0.4 is 11.6 Å². The van der Waals surface area contributed by atoms with Crippen molar-refractivity contribution < 1.29 is 9.12 Å². The van der Waals surface area contributed by atoms with Gasteiger partial charge in [0.15, 0.2) is 17.7 Å². The summed E-state index contributed by atoms with van der Waals surface area (Å²) in [7, 11) is 0. The van der Waals surface area contributed by atoms with E-state index in [2.05, 4.69) is 26.9 Å². The third-order valence-electron chi connectivity index (χ3n) is 4.41. The average Bonchev–Trinajstić information content (AvgIpc) is 3.20. The molecule has 1 fully saturated rings. The average molecular weight is 323 g/mol. The highest BCUT2D eigenvalue weighted by Crippen LogP contribution is 2.26. The lowest BCUT2D eigenvalue weighted by atomic mass is 9.83. The molecule has 4 rings (SSSR count). The number of fused-ring (bicyclic) bond motifs is 1. The number of hydrogen-bond acceptors (Lipinski definition) is 6. The lowest BCUT2D eigenvalue weighted by Crippen LogP contribution is -2.50. The van der Waals surface area contributed by atoms with Crippen LogP contribution in [-0.4, -0.2) is 28.1 Å². The van der Waals surface area contributed by atoms with Gasteiger partial charge in [-0.15, -0.1) is 5.84 Å². The molecule has 7 heteroatoms. The summed E-state index contributed by atoms with van der Waals surface area (Å²) in [6, 6.07) is 3.57. The monoisotopic (exact) mass is 323 g/mol. The first-order valence-corrected chi connectivity index (χ1v) is 8.06. The van der Waals surface area contributed by atoms with Gasteiger partial charge in [-0.2, -0.15) is 4.99 Å². The highest BCUT2D eigenvalue weighted by Gasteiger charge is 2.39. The molecule has 1 aromatic heterocycles. The molecule has 1 saturated carbocycles. The number of amidine groups is 2. The Kier molecular flexibility index (Phi) is 3.46. The molecule has 3 aliphatic rings. The molecule has 1 atom stereocenters. The van der Waals surface area contributed by atoms with Gasteiger partial charge in [-0.1, -0.05) is 25.2 Å². The van der Waals surface area contributed by atoms with Crippen LogP contribution >= 0.6 is 0 Å². The maximum absolute atomic E-state index is 6.35. The largest absolute Gasteiger partial charge is 0.461 e. The van der Waals surface area contributed by atoms with Gasteiger partial charge in [0.1, 0.15) is 6.21 Å². The van der Waals surface area contributed by atoms with Crippen LogP contribution in [0, 0.1) is 11.8 Å². The summed E-state index contributed by atoms with van der Waals surface area (Å²) in [5, 5.41) is 4.41. The van der Waals surface area contributed by atoms with Gasteiger partial charge >= 0.3 is 0 Å². The zero-order valence-electron chi connectivity index (χ0n) is 13.3. The van der Waals surface area contributed by atoms with Crippen molar-refractivity contribution in [3.05, 3.63) is 36.1 Å². The first-order chi connectivity index (χ1) is 11.6. The summed E-state index contributed by atoms with van der Waals surface area (Å²) in [6.45, 7) is 0. The van der Waals surface area contributed by atoms with Crippen molar-refractivity contribution >= 4 is 17.9 Å². The van der Waals surface area contributed by atoms with Crippen molar-refractivity contribution in [2.45, 2.75) is 37.6 Å². The molecular formula is C17H19N6O+. The quantitative estimate of drug-likeness (QED) is 0.466. The maximum atomic E-state index is 6.35. The smallest absolute Gasteiger partial charge is 0.300 e. The lowest BCUT2D eigenvalue weighted by molar-refractivity contribution is -0.803. The molecule has 0 saturated heterocycles. The van der Waals surface area contributed by atoms with Crippen LogP contribution in [0.15, 0.2) is 49.8 Å². The van der Waals surface area contributed by atoms with Gasteiger partial charge in [0, 0.05) is 0 Å². The van der Waals surface area contributed by atoms with Crippen molar-refractivity contribution in [1.29, 1.82) is 0 Å². The lowest BCUT2D eigenvalue weighted by Gasteiger charge is -2.27. The second kappa shape index (κ2) is 5.53. The molecule has 3 heterocycles. The Labute approximate surface area is 140 Å². The van der Waals surface area contributed by atoms with E-state index in [1.165, 1.54) is 6.42 Å². The van der Waals surface area contributed by atoms with Crippen LogP contribution in [0.1, 0.15) is 37.9 Å². The molecule has 1 aliphatic carbocycles. The third-order valence-corrected chi connectivity index (χ3v) is 4.41. The minimum atomic E-state index is -0.421. The summed E-state index contributed by atoms with van der Waals surface area (Å²) < 4.78 is 5.02. The Morgan fingerprint density at radius 2 is 2.08 bits per heavy atom. The van der Waals surface area contributed by atoms with E-state index in [-0.39, 0.29) is 4.70 Å². The number of aliphatic imine (C=N–C) groups is 2. The van der Waals surface area contributed by atoms with E-state index in [1.807, 2.05) is 0 Å². The molecule has 1 aromatic rings. The van der Waals surface area contributed by atoms with Crippen LogP contribution in [0.3, 0.4) is 0 Å². The van der Waals surface area contributed by atoms with Gasteiger partial charge in [0.25, 0.3) is 11.7 Å². The number of hydrogen-bond donors (Lipinski definition) is 2. The fourth-order valence-electron chi connectivity index (χ4n) is 3.05. The summed E-state index contributed by atoms with van der Waals surface area (Å²) in [5.41, 5.74) is 6.48. The predicted octanol–water partition coefficient (Wildman–Crippen LogP) is 1.63. The molecule has 0 aromatic carbocycles. The number of allylic oxidation sites excluding steroid dienone is 1. The molecule has 0 bridgehead atoms. The van der Waals surface area contributed by atoms with Gasteiger partial charge < -0.3 is 10.2 Å². The van der Waals surface area contributed by atoms with Gasteiger partial charge in [-0.05, 0) is 40.7 Å². The van der Waals surface area contributed by atoms with Crippen LogP contribution in [-0.2, 0) is 0 Å². The fourth-order valence-corrected chi connectivity index (χ4v) is 3.05. The van der Waals surface area contributed by atoms with Gasteiger partial charge in [0.05, 0.1) is 11.8 Å². The zero-order chi connectivity index (χ0) is 16.6. The molecule has 2 aliphatic heterocycles. The molecule has 122 valence electrons. The Hall–Kier alpha value is -2.53. The van der Waals surface area contributed by atoms with Crippen LogP contribution in [0.4, 0.5) is 0 Å². The van der Waals surface area contributed by atoms with Crippen molar-refractivity contribution in [2.75, 3.05) is 0 Å². The van der Waals surface area contributed by atoms with Crippen molar-refractivity contribution in [3.8, 4) is 11.8 Å². The van der Waals surface area contributed by atoms with Crippen LogP contribution in [0.5, 0.6) is 0 Å². The number of quaternary nitrogens is 1. The molecule has 1 unspecified atom stereocenters.